The second-order valence-corrected chi connectivity index (χ2v) is 6.21. The van der Waals surface area contributed by atoms with Crippen LogP contribution in [0.25, 0.3) is 0 Å². The summed E-state index contributed by atoms with van der Waals surface area (Å²) in [6.07, 6.45) is 1.11. The summed E-state index contributed by atoms with van der Waals surface area (Å²) in [5, 5.41) is 2.72. The van der Waals surface area contributed by atoms with E-state index < -0.39 is 0 Å². The molecule has 4 heteroatoms. The van der Waals surface area contributed by atoms with Gasteiger partial charge in [0.2, 0.25) is 5.91 Å². The van der Waals surface area contributed by atoms with Crippen molar-refractivity contribution in [2.24, 2.45) is 0 Å². The first-order valence-corrected chi connectivity index (χ1v) is 7.79. The van der Waals surface area contributed by atoms with E-state index in [-0.39, 0.29) is 16.6 Å². The Balaban J connectivity index is 2.03. The molecule has 0 aromatic heterocycles. The molecule has 3 rings (SSSR count). The van der Waals surface area contributed by atoms with Crippen LogP contribution in [0.2, 0.25) is 0 Å². The number of benzene rings is 2. The summed E-state index contributed by atoms with van der Waals surface area (Å²) >= 11 is 3.61. The van der Waals surface area contributed by atoms with Crippen molar-refractivity contribution in [1.82, 2.24) is 0 Å². The normalized spacial score (nSPS) is 15.3. The minimum absolute atomic E-state index is 0.0519. The molecule has 1 heterocycles. The van der Waals surface area contributed by atoms with Crippen LogP contribution in [-0.2, 0) is 11.2 Å². The van der Waals surface area contributed by atoms with Crippen molar-refractivity contribution in [3.63, 3.8) is 0 Å². The molecule has 0 aliphatic carbocycles. The maximum Gasteiger partial charge on any atom is 0.224 e. The molecule has 0 bridgehead atoms. The topological polar surface area (TPSA) is 29.1 Å². The van der Waals surface area contributed by atoms with Crippen molar-refractivity contribution >= 4 is 27.5 Å². The predicted octanol–water partition coefficient (Wildman–Crippen LogP) is 4.50. The number of rotatable bonds is 2. The van der Waals surface area contributed by atoms with E-state index in [0.717, 1.165) is 16.7 Å². The third-order valence-electron chi connectivity index (χ3n) is 3.85. The van der Waals surface area contributed by atoms with Crippen LogP contribution in [-0.4, -0.2) is 5.91 Å². The van der Waals surface area contributed by atoms with Gasteiger partial charge in [-0.3, -0.25) is 4.79 Å². The van der Waals surface area contributed by atoms with Crippen molar-refractivity contribution in [1.29, 1.82) is 0 Å². The molecule has 2 nitrogen and oxygen atoms in total. The number of halogens is 2. The fraction of sp³-hybridized carbons (Fsp3) is 0.235. The second kappa shape index (κ2) is 5.60. The predicted molar refractivity (Wildman–Crippen MR) is 85.3 cm³/mol. The molecule has 0 saturated heterocycles. The number of aryl methyl sites for hydroxylation is 2. The highest BCUT2D eigenvalue weighted by molar-refractivity contribution is 9.09. The Morgan fingerprint density at radius 1 is 1.19 bits per heavy atom. The average Bonchev–Trinajstić information content (AvgIpc) is 2.46. The molecular formula is C17H15BrFNO. The summed E-state index contributed by atoms with van der Waals surface area (Å²) < 4.78 is 14.4. The van der Waals surface area contributed by atoms with Gasteiger partial charge in [-0.05, 0) is 42.2 Å². The molecule has 108 valence electrons. The van der Waals surface area contributed by atoms with E-state index in [1.807, 2.05) is 37.3 Å². The number of alkyl halides is 1. The van der Waals surface area contributed by atoms with Gasteiger partial charge in [-0.15, -0.1) is 0 Å². The monoisotopic (exact) mass is 347 g/mol. The standard InChI is InChI=1S/C17H15BrFNO/c1-10-4-2-3-5-12(10)17(18)13-8-11-6-7-16(21)20-15(11)9-14(13)19/h2-5,8-9,17H,6-7H2,1H3,(H,20,21). The van der Waals surface area contributed by atoms with Crippen LogP contribution in [0, 0.1) is 12.7 Å². The van der Waals surface area contributed by atoms with Gasteiger partial charge < -0.3 is 5.32 Å². The Morgan fingerprint density at radius 2 is 1.95 bits per heavy atom. The van der Waals surface area contributed by atoms with Crippen LogP contribution < -0.4 is 5.32 Å². The lowest BCUT2D eigenvalue weighted by atomic mass is 9.95. The van der Waals surface area contributed by atoms with Crippen molar-refractivity contribution < 1.29 is 9.18 Å². The van der Waals surface area contributed by atoms with E-state index in [1.165, 1.54) is 6.07 Å². The molecule has 0 saturated carbocycles. The zero-order chi connectivity index (χ0) is 15.0. The summed E-state index contributed by atoms with van der Waals surface area (Å²) in [4.78, 5) is 11.2. The molecule has 0 radical (unpaired) electrons. The highest BCUT2D eigenvalue weighted by Crippen LogP contribution is 2.37. The minimum atomic E-state index is -0.305. The number of amides is 1. The van der Waals surface area contributed by atoms with E-state index >= 15 is 0 Å². The van der Waals surface area contributed by atoms with E-state index in [1.54, 1.807) is 0 Å². The highest BCUT2D eigenvalue weighted by atomic mass is 79.9. The lowest BCUT2D eigenvalue weighted by Crippen LogP contribution is -2.19. The Hall–Kier alpha value is -1.68. The molecule has 1 amide bonds. The van der Waals surface area contributed by atoms with Gasteiger partial charge in [0.1, 0.15) is 5.82 Å². The number of fused-ring (bicyclic) bond motifs is 1. The number of hydrogen-bond donors (Lipinski definition) is 1. The molecular weight excluding hydrogens is 333 g/mol. The zero-order valence-electron chi connectivity index (χ0n) is 11.6. The molecule has 1 atom stereocenters. The zero-order valence-corrected chi connectivity index (χ0v) is 13.2. The fourth-order valence-corrected chi connectivity index (χ4v) is 3.52. The van der Waals surface area contributed by atoms with Crippen LogP contribution in [0.4, 0.5) is 10.1 Å². The fourth-order valence-electron chi connectivity index (χ4n) is 2.65. The van der Waals surface area contributed by atoms with Crippen molar-refractivity contribution in [3.05, 3.63) is 64.5 Å². The SMILES string of the molecule is Cc1ccccc1C(Br)c1cc2c(cc1F)NC(=O)CC2. The van der Waals surface area contributed by atoms with Crippen molar-refractivity contribution in [2.45, 2.75) is 24.6 Å². The van der Waals surface area contributed by atoms with Gasteiger partial charge in [0, 0.05) is 17.7 Å². The number of nitrogens with one attached hydrogen (secondary N) is 1. The molecule has 1 aliphatic rings. The number of carbonyl (C=O) groups is 1. The lowest BCUT2D eigenvalue weighted by Gasteiger charge is -2.21. The third kappa shape index (κ3) is 2.72. The molecule has 21 heavy (non-hydrogen) atoms. The molecule has 1 N–H and O–H groups in total. The smallest absolute Gasteiger partial charge is 0.224 e. The van der Waals surface area contributed by atoms with Crippen molar-refractivity contribution in [2.75, 3.05) is 5.32 Å². The minimum Gasteiger partial charge on any atom is -0.326 e. The van der Waals surface area contributed by atoms with Gasteiger partial charge in [-0.25, -0.2) is 4.39 Å². The molecule has 2 aromatic carbocycles. The maximum atomic E-state index is 14.4. The summed E-state index contributed by atoms with van der Waals surface area (Å²) in [6, 6.07) is 11.2. The summed E-state index contributed by atoms with van der Waals surface area (Å²) in [7, 11) is 0. The molecule has 1 aliphatic heterocycles. The van der Waals surface area contributed by atoms with Crippen LogP contribution in [0.15, 0.2) is 36.4 Å². The first-order chi connectivity index (χ1) is 10.1. The Labute approximate surface area is 131 Å². The first-order valence-electron chi connectivity index (χ1n) is 6.88. The number of anilines is 1. The van der Waals surface area contributed by atoms with Gasteiger partial charge in [0.25, 0.3) is 0 Å². The Bertz CT molecular complexity index is 714. The Morgan fingerprint density at radius 3 is 2.71 bits per heavy atom. The Kier molecular flexibility index (Phi) is 3.81. The van der Waals surface area contributed by atoms with Crippen LogP contribution in [0.1, 0.15) is 33.5 Å². The quantitative estimate of drug-likeness (QED) is 0.796. The summed E-state index contributed by atoms with van der Waals surface area (Å²) in [6.45, 7) is 2.01. The highest BCUT2D eigenvalue weighted by Gasteiger charge is 2.22. The van der Waals surface area contributed by atoms with E-state index in [2.05, 4.69) is 21.2 Å². The van der Waals surface area contributed by atoms with Gasteiger partial charge in [-0.1, -0.05) is 40.2 Å². The lowest BCUT2D eigenvalue weighted by molar-refractivity contribution is -0.116. The number of carbonyl (C=O) groups excluding carboxylic acids is 1. The van der Waals surface area contributed by atoms with Crippen LogP contribution in [0.3, 0.4) is 0 Å². The largest absolute Gasteiger partial charge is 0.326 e. The van der Waals surface area contributed by atoms with Crippen LogP contribution >= 0.6 is 15.9 Å². The maximum absolute atomic E-state index is 14.4. The van der Waals surface area contributed by atoms with Gasteiger partial charge in [-0.2, -0.15) is 0 Å². The summed E-state index contributed by atoms with van der Waals surface area (Å²) in [5.41, 5.74) is 4.36. The molecule has 0 spiro atoms. The van der Waals surface area contributed by atoms with Gasteiger partial charge >= 0.3 is 0 Å². The van der Waals surface area contributed by atoms with Crippen LogP contribution in [0.5, 0.6) is 0 Å². The third-order valence-corrected chi connectivity index (χ3v) is 4.84. The average molecular weight is 348 g/mol. The van der Waals surface area contributed by atoms with Gasteiger partial charge in [0.05, 0.1) is 4.83 Å². The second-order valence-electron chi connectivity index (χ2n) is 5.30. The van der Waals surface area contributed by atoms with Gasteiger partial charge in [0.15, 0.2) is 0 Å². The first kappa shape index (κ1) is 14.3. The number of hydrogen-bond acceptors (Lipinski definition) is 1. The molecule has 0 fully saturated rings. The van der Waals surface area contributed by atoms with Crippen molar-refractivity contribution in [3.8, 4) is 0 Å². The van der Waals surface area contributed by atoms with E-state index in [4.69, 9.17) is 0 Å². The van der Waals surface area contributed by atoms with E-state index in [0.29, 0.717) is 24.1 Å². The molecule has 2 aromatic rings. The van der Waals surface area contributed by atoms with E-state index in [9.17, 15) is 9.18 Å². The summed E-state index contributed by atoms with van der Waals surface area (Å²) in [5.74, 6) is -0.356. The molecule has 1 unspecified atom stereocenters.